The summed E-state index contributed by atoms with van der Waals surface area (Å²) < 4.78 is 5.57. The number of fused-ring (bicyclic) bond motifs is 1. The van der Waals surface area contributed by atoms with Crippen LogP contribution in [0.15, 0.2) is 24.3 Å². The van der Waals surface area contributed by atoms with Crippen molar-refractivity contribution in [1.82, 2.24) is 4.90 Å². The van der Waals surface area contributed by atoms with Gasteiger partial charge in [-0.2, -0.15) is 0 Å². The molecule has 4 nitrogen and oxygen atoms in total. The minimum Gasteiger partial charge on any atom is -0.493 e. The first-order valence-corrected chi connectivity index (χ1v) is 6.41. The van der Waals surface area contributed by atoms with Crippen LogP contribution in [0.3, 0.4) is 0 Å². The molecule has 2 aliphatic heterocycles. The van der Waals surface area contributed by atoms with E-state index in [1.165, 1.54) is 0 Å². The third kappa shape index (κ3) is 1.86. The van der Waals surface area contributed by atoms with Crippen molar-refractivity contribution in [2.75, 3.05) is 26.3 Å². The summed E-state index contributed by atoms with van der Waals surface area (Å²) in [6, 6.07) is 7.76. The molecule has 1 fully saturated rings. The van der Waals surface area contributed by atoms with Gasteiger partial charge in [-0.25, -0.2) is 0 Å². The van der Waals surface area contributed by atoms with Gasteiger partial charge in [0.1, 0.15) is 5.75 Å². The quantitative estimate of drug-likeness (QED) is 0.848. The van der Waals surface area contributed by atoms with Crippen molar-refractivity contribution >= 4 is 5.91 Å². The molecule has 0 saturated carbocycles. The lowest BCUT2D eigenvalue weighted by Gasteiger charge is -2.41. The van der Waals surface area contributed by atoms with E-state index in [2.05, 4.69) is 0 Å². The SMILES string of the molecule is O=C(C1CCOc2ccccc21)N1CC(CO)C1. The molecule has 1 unspecified atom stereocenters. The molecule has 1 aromatic rings. The van der Waals surface area contributed by atoms with Crippen LogP contribution in [0.2, 0.25) is 0 Å². The number of rotatable bonds is 2. The van der Waals surface area contributed by atoms with E-state index < -0.39 is 0 Å². The van der Waals surface area contributed by atoms with Crippen molar-refractivity contribution in [3.8, 4) is 5.75 Å². The van der Waals surface area contributed by atoms with Crippen molar-refractivity contribution in [3.05, 3.63) is 29.8 Å². The average Bonchev–Trinajstić information content (AvgIpc) is 2.36. The molecule has 2 aliphatic rings. The maximum Gasteiger partial charge on any atom is 0.230 e. The van der Waals surface area contributed by atoms with Crippen LogP contribution in [-0.2, 0) is 4.79 Å². The van der Waals surface area contributed by atoms with Crippen molar-refractivity contribution in [2.45, 2.75) is 12.3 Å². The summed E-state index contributed by atoms with van der Waals surface area (Å²) in [5, 5.41) is 9.00. The fourth-order valence-electron chi connectivity index (χ4n) is 2.68. The van der Waals surface area contributed by atoms with Gasteiger partial charge in [-0.05, 0) is 12.5 Å². The van der Waals surface area contributed by atoms with Gasteiger partial charge >= 0.3 is 0 Å². The molecular formula is C14H17NO3. The Hall–Kier alpha value is -1.55. The first kappa shape index (κ1) is 11.5. The highest BCUT2D eigenvalue weighted by Gasteiger charge is 2.36. The summed E-state index contributed by atoms with van der Waals surface area (Å²) in [7, 11) is 0. The Morgan fingerprint density at radius 2 is 2.17 bits per heavy atom. The highest BCUT2D eigenvalue weighted by molar-refractivity contribution is 5.85. The van der Waals surface area contributed by atoms with Gasteiger partial charge in [0.15, 0.2) is 0 Å². The van der Waals surface area contributed by atoms with E-state index in [4.69, 9.17) is 9.84 Å². The van der Waals surface area contributed by atoms with Gasteiger partial charge < -0.3 is 14.7 Å². The number of hydrogen-bond donors (Lipinski definition) is 1. The van der Waals surface area contributed by atoms with Crippen molar-refractivity contribution < 1.29 is 14.6 Å². The van der Waals surface area contributed by atoms with Crippen molar-refractivity contribution in [3.63, 3.8) is 0 Å². The maximum absolute atomic E-state index is 12.4. The van der Waals surface area contributed by atoms with Crippen molar-refractivity contribution in [2.24, 2.45) is 5.92 Å². The minimum atomic E-state index is -0.0745. The zero-order valence-corrected chi connectivity index (χ0v) is 10.2. The Labute approximate surface area is 106 Å². The number of ether oxygens (including phenoxy) is 1. The van der Waals surface area contributed by atoms with E-state index in [1.807, 2.05) is 29.2 Å². The number of amides is 1. The monoisotopic (exact) mass is 247 g/mol. The van der Waals surface area contributed by atoms with Gasteiger partial charge in [0.25, 0.3) is 0 Å². The summed E-state index contributed by atoms with van der Waals surface area (Å²) in [5.41, 5.74) is 1.00. The number of carbonyl (C=O) groups is 1. The highest BCUT2D eigenvalue weighted by atomic mass is 16.5. The van der Waals surface area contributed by atoms with Crippen LogP contribution in [0.25, 0.3) is 0 Å². The van der Waals surface area contributed by atoms with Gasteiger partial charge in [-0.1, -0.05) is 18.2 Å². The number of aliphatic hydroxyl groups excluding tert-OH is 1. The first-order chi connectivity index (χ1) is 8.79. The molecule has 0 aliphatic carbocycles. The van der Waals surface area contributed by atoms with Crippen LogP contribution < -0.4 is 4.74 Å². The largest absolute Gasteiger partial charge is 0.493 e. The summed E-state index contributed by atoms with van der Waals surface area (Å²) in [5.74, 6) is 1.20. The zero-order chi connectivity index (χ0) is 12.5. The predicted octanol–water partition coefficient (Wildman–Crippen LogP) is 1.00. The molecular weight excluding hydrogens is 230 g/mol. The smallest absolute Gasteiger partial charge is 0.230 e. The third-order valence-electron chi connectivity index (χ3n) is 3.78. The number of aliphatic hydroxyl groups is 1. The van der Waals surface area contributed by atoms with Crippen LogP contribution >= 0.6 is 0 Å². The van der Waals surface area contributed by atoms with Gasteiger partial charge in [0, 0.05) is 31.2 Å². The molecule has 0 aromatic heterocycles. The summed E-state index contributed by atoms with van der Waals surface area (Å²) in [4.78, 5) is 14.2. The molecule has 0 bridgehead atoms. The highest BCUT2D eigenvalue weighted by Crippen LogP contribution is 2.35. The molecule has 1 amide bonds. The van der Waals surface area contributed by atoms with Crippen LogP contribution in [0, 0.1) is 5.92 Å². The van der Waals surface area contributed by atoms with E-state index in [-0.39, 0.29) is 24.3 Å². The molecule has 3 rings (SSSR count). The topological polar surface area (TPSA) is 49.8 Å². The van der Waals surface area contributed by atoms with Gasteiger partial charge in [0.2, 0.25) is 5.91 Å². The van der Waals surface area contributed by atoms with Crippen LogP contribution in [0.5, 0.6) is 5.75 Å². The van der Waals surface area contributed by atoms with Crippen molar-refractivity contribution in [1.29, 1.82) is 0 Å². The summed E-state index contributed by atoms with van der Waals surface area (Å²) in [6.45, 7) is 2.16. The second-order valence-corrected chi connectivity index (χ2v) is 5.02. The Morgan fingerprint density at radius 1 is 1.39 bits per heavy atom. The Kier molecular flexibility index (Phi) is 2.96. The standard InChI is InChI=1S/C14H17NO3/c16-9-10-7-15(8-10)14(17)12-5-6-18-13-4-2-1-3-11(12)13/h1-4,10,12,16H,5-9H2. The van der Waals surface area contributed by atoms with Crippen LogP contribution in [0.1, 0.15) is 17.9 Å². The van der Waals surface area contributed by atoms with E-state index in [1.54, 1.807) is 0 Å². The molecule has 1 N–H and O–H groups in total. The molecule has 4 heteroatoms. The molecule has 0 spiro atoms. The number of nitrogens with zero attached hydrogens (tertiary/aromatic N) is 1. The normalized spacial score (nSPS) is 22.9. The zero-order valence-electron chi connectivity index (χ0n) is 10.2. The molecule has 18 heavy (non-hydrogen) atoms. The third-order valence-corrected chi connectivity index (χ3v) is 3.78. The number of hydrogen-bond acceptors (Lipinski definition) is 3. The van der Waals surface area contributed by atoms with E-state index in [9.17, 15) is 4.79 Å². The fourth-order valence-corrected chi connectivity index (χ4v) is 2.68. The number of benzene rings is 1. The van der Waals surface area contributed by atoms with E-state index in [0.29, 0.717) is 19.7 Å². The van der Waals surface area contributed by atoms with Gasteiger partial charge in [-0.3, -0.25) is 4.79 Å². The number of carbonyl (C=O) groups excluding carboxylic acids is 1. The van der Waals surface area contributed by atoms with E-state index >= 15 is 0 Å². The number of para-hydroxylation sites is 1. The molecule has 1 atom stereocenters. The van der Waals surface area contributed by atoms with Gasteiger partial charge in [-0.15, -0.1) is 0 Å². The lowest BCUT2D eigenvalue weighted by molar-refractivity contribution is -0.140. The molecule has 96 valence electrons. The minimum absolute atomic E-state index is 0.0745. The van der Waals surface area contributed by atoms with Gasteiger partial charge in [0.05, 0.1) is 12.5 Å². The fraction of sp³-hybridized carbons (Fsp3) is 0.500. The summed E-state index contributed by atoms with van der Waals surface area (Å²) >= 11 is 0. The Bertz CT molecular complexity index is 454. The predicted molar refractivity (Wildman–Crippen MR) is 66.5 cm³/mol. The average molecular weight is 247 g/mol. The second kappa shape index (κ2) is 4.61. The molecule has 0 radical (unpaired) electrons. The Morgan fingerprint density at radius 3 is 2.94 bits per heavy atom. The second-order valence-electron chi connectivity index (χ2n) is 5.02. The summed E-state index contributed by atoms with van der Waals surface area (Å²) in [6.07, 6.45) is 0.746. The van der Waals surface area contributed by atoms with E-state index in [0.717, 1.165) is 17.7 Å². The van der Waals surface area contributed by atoms with Crippen LogP contribution in [-0.4, -0.2) is 42.2 Å². The lowest BCUT2D eigenvalue weighted by atomic mass is 9.89. The van der Waals surface area contributed by atoms with Crippen LogP contribution in [0.4, 0.5) is 0 Å². The lowest BCUT2D eigenvalue weighted by Crippen LogP contribution is -2.53. The molecule has 1 saturated heterocycles. The number of likely N-dealkylation sites (tertiary alicyclic amines) is 1. The molecule has 2 heterocycles. The Balaban J connectivity index is 1.76. The maximum atomic E-state index is 12.4. The first-order valence-electron chi connectivity index (χ1n) is 6.41. The molecule has 1 aromatic carbocycles.